The van der Waals surface area contributed by atoms with Crippen molar-refractivity contribution >= 4 is 17.5 Å². The number of likely N-dealkylation sites (N-methyl/N-ethyl adjacent to an activating group) is 1. The van der Waals surface area contributed by atoms with E-state index in [9.17, 15) is 9.59 Å². The lowest BCUT2D eigenvalue weighted by atomic mass is 10.0. The molecule has 0 aromatic carbocycles. The lowest BCUT2D eigenvalue weighted by Crippen LogP contribution is -2.45. The van der Waals surface area contributed by atoms with Crippen LogP contribution in [0.2, 0.25) is 0 Å². The molecule has 3 rings (SSSR count). The van der Waals surface area contributed by atoms with Gasteiger partial charge in [-0.05, 0) is 38.9 Å². The third-order valence-corrected chi connectivity index (χ3v) is 5.48. The minimum Gasteiger partial charge on any atom is -0.354 e. The molecule has 156 valence electrons. The fourth-order valence-corrected chi connectivity index (χ4v) is 3.98. The molecule has 0 aliphatic carbocycles. The second-order valence-electron chi connectivity index (χ2n) is 7.74. The number of hydrogen-bond donors (Lipinski definition) is 2. The summed E-state index contributed by atoms with van der Waals surface area (Å²) in [6.07, 6.45) is 3.36. The van der Waals surface area contributed by atoms with E-state index in [1.165, 1.54) is 0 Å². The minimum atomic E-state index is -0.183. The van der Waals surface area contributed by atoms with Gasteiger partial charge in [0.25, 0.3) is 5.91 Å². The molecule has 1 fully saturated rings. The molecule has 0 unspecified atom stereocenters. The molecule has 0 bridgehead atoms. The van der Waals surface area contributed by atoms with E-state index in [0.717, 1.165) is 55.2 Å². The van der Waals surface area contributed by atoms with E-state index in [-0.39, 0.29) is 11.7 Å². The van der Waals surface area contributed by atoms with E-state index in [1.807, 2.05) is 26.0 Å². The molecule has 0 saturated carbocycles. The molecule has 0 spiro atoms. The molecular weight excluding hydrogens is 366 g/mol. The number of piperazine rings is 1. The van der Waals surface area contributed by atoms with Gasteiger partial charge in [0.2, 0.25) is 0 Å². The molecule has 7 nitrogen and oxygen atoms in total. The first-order valence-electron chi connectivity index (χ1n) is 10.3. The fourth-order valence-electron chi connectivity index (χ4n) is 3.98. The quantitative estimate of drug-likeness (QED) is 0.702. The van der Waals surface area contributed by atoms with Crippen molar-refractivity contribution < 1.29 is 9.59 Å². The monoisotopic (exact) mass is 397 g/mol. The van der Waals surface area contributed by atoms with Gasteiger partial charge in [-0.25, -0.2) is 4.98 Å². The maximum absolute atomic E-state index is 12.9. The maximum Gasteiger partial charge on any atom is 0.268 e. The standard InChI is InChI=1S/C22H31N5O2/c1-5-7-18-19(16(3)28)15(2)25-20(18)22(29)24-14-17-8-6-9-23-21(17)27-12-10-26(4)11-13-27/h6,8-9,25H,5,7,10-14H2,1-4H3,(H,24,29). The molecule has 1 amide bonds. The zero-order valence-corrected chi connectivity index (χ0v) is 17.8. The van der Waals surface area contributed by atoms with Gasteiger partial charge in [-0.3, -0.25) is 9.59 Å². The number of aromatic nitrogens is 2. The Morgan fingerprint density at radius 2 is 1.97 bits per heavy atom. The van der Waals surface area contributed by atoms with E-state index in [2.05, 4.69) is 32.1 Å². The largest absolute Gasteiger partial charge is 0.354 e. The van der Waals surface area contributed by atoms with Crippen LogP contribution < -0.4 is 10.2 Å². The molecule has 1 aliphatic heterocycles. The summed E-state index contributed by atoms with van der Waals surface area (Å²) in [5, 5.41) is 3.02. The molecule has 1 saturated heterocycles. The topological polar surface area (TPSA) is 81.3 Å². The van der Waals surface area contributed by atoms with Crippen molar-refractivity contribution in [3.05, 3.63) is 46.4 Å². The van der Waals surface area contributed by atoms with Crippen LogP contribution in [0.1, 0.15) is 57.9 Å². The SMILES string of the molecule is CCCc1c(C(=O)NCc2cccnc2N2CCN(C)CC2)[nH]c(C)c1C(C)=O. The van der Waals surface area contributed by atoms with Gasteiger partial charge in [0.15, 0.2) is 5.78 Å². The Kier molecular flexibility index (Phi) is 6.69. The van der Waals surface area contributed by atoms with Crippen molar-refractivity contribution in [1.29, 1.82) is 0 Å². The van der Waals surface area contributed by atoms with Crippen LogP contribution in [0.25, 0.3) is 0 Å². The van der Waals surface area contributed by atoms with Crippen LogP contribution in [-0.4, -0.2) is 59.8 Å². The summed E-state index contributed by atoms with van der Waals surface area (Å²) in [4.78, 5) is 37.3. The molecule has 0 atom stereocenters. The third-order valence-electron chi connectivity index (χ3n) is 5.48. The number of Topliss-reactive ketones (excluding diaryl/α,β-unsaturated/α-hetero) is 1. The van der Waals surface area contributed by atoms with Gasteiger partial charge in [0.05, 0.1) is 0 Å². The molecule has 29 heavy (non-hydrogen) atoms. The summed E-state index contributed by atoms with van der Waals surface area (Å²) in [7, 11) is 2.12. The highest BCUT2D eigenvalue weighted by Gasteiger charge is 2.23. The van der Waals surface area contributed by atoms with E-state index in [1.54, 1.807) is 13.1 Å². The van der Waals surface area contributed by atoms with Crippen LogP contribution in [-0.2, 0) is 13.0 Å². The summed E-state index contributed by atoms with van der Waals surface area (Å²) in [6.45, 7) is 9.68. The predicted molar refractivity (Wildman–Crippen MR) is 115 cm³/mol. The number of nitrogens with zero attached hydrogens (tertiary/aromatic N) is 3. The number of pyridine rings is 1. The van der Waals surface area contributed by atoms with Gasteiger partial charge < -0.3 is 20.1 Å². The van der Waals surface area contributed by atoms with Gasteiger partial charge in [0.1, 0.15) is 11.5 Å². The summed E-state index contributed by atoms with van der Waals surface area (Å²) >= 11 is 0. The van der Waals surface area contributed by atoms with Gasteiger partial charge in [-0.1, -0.05) is 19.4 Å². The highest BCUT2D eigenvalue weighted by atomic mass is 16.2. The number of ketones is 1. The number of rotatable bonds is 7. The second kappa shape index (κ2) is 9.22. The molecule has 2 aromatic rings. The number of anilines is 1. The number of carbonyl (C=O) groups excluding carboxylic acids is 2. The number of aryl methyl sites for hydroxylation is 1. The maximum atomic E-state index is 12.9. The summed E-state index contributed by atoms with van der Waals surface area (Å²) in [5.74, 6) is 0.741. The van der Waals surface area contributed by atoms with E-state index >= 15 is 0 Å². The smallest absolute Gasteiger partial charge is 0.268 e. The van der Waals surface area contributed by atoms with Crippen LogP contribution in [0.4, 0.5) is 5.82 Å². The highest BCUT2D eigenvalue weighted by Crippen LogP contribution is 2.22. The predicted octanol–water partition coefficient (Wildman–Crippen LogP) is 2.56. The Hall–Kier alpha value is -2.67. The first-order valence-corrected chi connectivity index (χ1v) is 10.3. The molecule has 3 heterocycles. The Balaban J connectivity index is 1.77. The first kappa shape index (κ1) is 21.0. The molecular formula is C22H31N5O2. The normalized spacial score (nSPS) is 14.8. The third kappa shape index (κ3) is 4.67. The van der Waals surface area contributed by atoms with Crippen molar-refractivity contribution in [2.24, 2.45) is 0 Å². The average molecular weight is 398 g/mol. The Labute approximate surface area is 172 Å². The number of H-pyrrole nitrogens is 1. The van der Waals surface area contributed by atoms with Crippen LogP contribution in [0.3, 0.4) is 0 Å². The number of nitrogens with one attached hydrogen (secondary N) is 2. The summed E-state index contributed by atoms with van der Waals surface area (Å²) in [5.41, 5.74) is 3.72. The van der Waals surface area contributed by atoms with Crippen molar-refractivity contribution in [1.82, 2.24) is 20.2 Å². The first-order chi connectivity index (χ1) is 13.9. The number of hydrogen-bond acceptors (Lipinski definition) is 5. The van der Waals surface area contributed by atoms with Crippen molar-refractivity contribution in [2.75, 3.05) is 38.1 Å². The molecule has 2 N–H and O–H groups in total. The lowest BCUT2D eigenvalue weighted by Gasteiger charge is -2.34. The van der Waals surface area contributed by atoms with E-state index < -0.39 is 0 Å². The fraction of sp³-hybridized carbons (Fsp3) is 0.500. The zero-order valence-electron chi connectivity index (χ0n) is 17.8. The number of aromatic amines is 1. The van der Waals surface area contributed by atoms with Gasteiger partial charge in [-0.15, -0.1) is 0 Å². The lowest BCUT2D eigenvalue weighted by molar-refractivity contribution is 0.0945. The second-order valence-corrected chi connectivity index (χ2v) is 7.74. The van der Waals surface area contributed by atoms with Crippen molar-refractivity contribution in [3.63, 3.8) is 0 Å². The van der Waals surface area contributed by atoms with Crippen molar-refractivity contribution in [2.45, 2.75) is 40.2 Å². The molecule has 2 aromatic heterocycles. The Morgan fingerprint density at radius 1 is 1.24 bits per heavy atom. The number of carbonyl (C=O) groups is 2. The summed E-state index contributed by atoms with van der Waals surface area (Å²) in [6, 6.07) is 3.91. The van der Waals surface area contributed by atoms with Crippen LogP contribution >= 0.6 is 0 Å². The van der Waals surface area contributed by atoms with Crippen LogP contribution in [0.15, 0.2) is 18.3 Å². The molecule has 0 radical (unpaired) electrons. The Morgan fingerprint density at radius 3 is 2.62 bits per heavy atom. The van der Waals surface area contributed by atoms with E-state index in [0.29, 0.717) is 24.2 Å². The summed E-state index contributed by atoms with van der Waals surface area (Å²) < 4.78 is 0. The van der Waals surface area contributed by atoms with Crippen LogP contribution in [0.5, 0.6) is 0 Å². The highest BCUT2D eigenvalue weighted by molar-refractivity contribution is 6.02. The van der Waals surface area contributed by atoms with Gasteiger partial charge in [-0.2, -0.15) is 0 Å². The Bertz CT molecular complexity index is 881. The van der Waals surface area contributed by atoms with Crippen LogP contribution in [0, 0.1) is 6.92 Å². The minimum absolute atomic E-state index is 0.00846. The van der Waals surface area contributed by atoms with E-state index in [4.69, 9.17) is 0 Å². The van der Waals surface area contributed by atoms with Crippen molar-refractivity contribution in [3.8, 4) is 0 Å². The number of amides is 1. The van der Waals surface area contributed by atoms with Gasteiger partial charge >= 0.3 is 0 Å². The van der Waals surface area contributed by atoms with Gasteiger partial charge in [0, 0.05) is 55.7 Å². The average Bonchev–Trinajstić information content (AvgIpc) is 3.03. The molecule has 7 heteroatoms. The zero-order chi connectivity index (χ0) is 21.0. The molecule has 1 aliphatic rings.